The highest BCUT2D eigenvalue weighted by Crippen LogP contribution is 2.23. The molecule has 2 aromatic rings. The minimum Gasteiger partial charge on any atom is -0.330 e. The molecule has 2 N–H and O–H groups in total. The van der Waals surface area contributed by atoms with Crippen LogP contribution < -0.4 is 5.73 Å². The van der Waals surface area contributed by atoms with Crippen LogP contribution in [0.15, 0.2) is 18.2 Å². The molecule has 0 aliphatic carbocycles. The second-order valence-electron chi connectivity index (χ2n) is 4.43. The summed E-state index contributed by atoms with van der Waals surface area (Å²) in [5.41, 5.74) is 7.63. The Kier molecular flexibility index (Phi) is 2.68. The van der Waals surface area contributed by atoms with Gasteiger partial charge in [-0.25, -0.2) is 9.37 Å². The fraction of sp³-hybridized carbons (Fsp3) is 0.417. The fourth-order valence-electron chi connectivity index (χ4n) is 1.78. The van der Waals surface area contributed by atoms with Gasteiger partial charge in [-0.3, -0.25) is 0 Å². The summed E-state index contributed by atoms with van der Waals surface area (Å²) in [4.78, 5) is 4.45. The van der Waals surface area contributed by atoms with Crippen molar-refractivity contribution < 1.29 is 4.39 Å². The lowest BCUT2D eigenvalue weighted by Crippen LogP contribution is -2.20. The lowest BCUT2D eigenvalue weighted by molar-refractivity contribution is 0.480. The lowest BCUT2D eigenvalue weighted by Gasteiger charge is -2.14. The van der Waals surface area contributed by atoms with E-state index in [0.29, 0.717) is 5.92 Å². The number of hydrogen-bond acceptors (Lipinski definition) is 2. The van der Waals surface area contributed by atoms with Crippen molar-refractivity contribution >= 4 is 11.0 Å². The molecule has 86 valence electrons. The largest absolute Gasteiger partial charge is 0.330 e. The first-order chi connectivity index (χ1) is 7.50. The molecular formula is C12H16FN3. The quantitative estimate of drug-likeness (QED) is 0.846. The SMILES string of the molecule is CC(C)C(N)c1nc2ccc(F)cc2n1C. The zero-order valence-electron chi connectivity index (χ0n) is 9.74. The van der Waals surface area contributed by atoms with Gasteiger partial charge in [-0.15, -0.1) is 0 Å². The summed E-state index contributed by atoms with van der Waals surface area (Å²) in [6.07, 6.45) is 0. The summed E-state index contributed by atoms with van der Waals surface area (Å²) in [6, 6.07) is 4.46. The number of aromatic nitrogens is 2. The van der Waals surface area contributed by atoms with Gasteiger partial charge in [-0.05, 0) is 24.1 Å². The Morgan fingerprint density at radius 3 is 2.69 bits per heavy atom. The second-order valence-corrected chi connectivity index (χ2v) is 4.43. The van der Waals surface area contributed by atoms with Gasteiger partial charge in [0.25, 0.3) is 0 Å². The normalized spacial score (nSPS) is 13.6. The van der Waals surface area contributed by atoms with Gasteiger partial charge in [-0.2, -0.15) is 0 Å². The molecule has 0 amide bonds. The van der Waals surface area contributed by atoms with Crippen LogP contribution in [0.3, 0.4) is 0 Å². The number of nitrogens with two attached hydrogens (primary N) is 1. The average molecular weight is 221 g/mol. The third-order valence-corrected chi connectivity index (χ3v) is 2.89. The van der Waals surface area contributed by atoms with Gasteiger partial charge < -0.3 is 10.3 Å². The van der Waals surface area contributed by atoms with Gasteiger partial charge in [0, 0.05) is 7.05 Å². The second kappa shape index (κ2) is 3.87. The fourth-order valence-corrected chi connectivity index (χ4v) is 1.78. The van der Waals surface area contributed by atoms with Gasteiger partial charge in [0.15, 0.2) is 0 Å². The molecule has 0 saturated carbocycles. The molecule has 1 heterocycles. The molecule has 3 nitrogen and oxygen atoms in total. The minimum atomic E-state index is -0.250. The van der Waals surface area contributed by atoms with Crippen molar-refractivity contribution in [1.82, 2.24) is 9.55 Å². The number of halogens is 1. The maximum absolute atomic E-state index is 13.1. The van der Waals surface area contributed by atoms with Crippen LogP contribution in [0.1, 0.15) is 25.7 Å². The molecule has 4 heteroatoms. The zero-order chi connectivity index (χ0) is 11.9. The highest BCUT2D eigenvalue weighted by Gasteiger charge is 2.17. The van der Waals surface area contributed by atoms with Crippen LogP contribution >= 0.6 is 0 Å². The lowest BCUT2D eigenvalue weighted by atomic mass is 10.1. The molecule has 0 saturated heterocycles. The summed E-state index contributed by atoms with van der Waals surface area (Å²) in [5.74, 6) is 0.858. The standard InChI is InChI=1S/C12H16FN3/c1-7(2)11(14)12-15-9-5-4-8(13)6-10(9)16(12)3/h4-7,11H,14H2,1-3H3. The van der Waals surface area contributed by atoms with E-state index < -0.39 is 0 Å². The molecule has 1 atom stereocenters. The van der Waals surface area contributed by atoms with Gasteiger partial charge in [0.2, 0.25) is 0 Å². The van der Waals surface area contributed by atoms with E-state index in [9.17, 15) is 4.39 Å². The maximum Gasteiger partial charge on any atom is 0.126 e. The Morgan fingerprint density at radius 1 is 1.38 bits per heavy atom. The molecule has 0 aliphatic heterocycles. The molecule has 0 bridgehead atoms. The predicted octanol–water partition coefficient (Wildman–Crippen LogP) is 2.37. The number of benzene rings is 1. The number of aryl methyl sites for hydroxylation is 1. The van der Waals surface area contributed by atoms with E-state index in [4.69, 9.17) is 5.73 Å². The first kappa shape index (κ1) is 11.1. The van der Waals surface area contributed by atoms with Crippen molar-refractivity contribution in [3.8, 4) is 0 Å². The average Bonchev–Trinajstić information content (AvgIpc) is 2.55. The molecule has 2 rings (SSSR count). The predicted molar refractivity (Wildman–Crippen MR) is 62.4 cm³/mol. The third kappa shape index (κ3) is 1.69. The Labute approximate surface area is 94.1 Å². The molecule has 1 unspecified atom stereocenters. The Morgan fingerprint density at radius 2 is 2.06 bits per heavy atom. The zero-order valence-corrected chi connectivity index (χ0v) is 9.74. The molecule has 1 aromatic heterocycles. The Bertz CT molecular complexity index is 516. The van der Waals surface area contributed by atoms with Crippen LogP contribution in [0.4, 0.5) is 4.39 Å². The van der Waals surface area contributed by atoms with Crippen molar-refractivity contribution in [2.75, 3.05) is 0 Å². The van der Waals surface area contributed by atoms with E-state index >= 15 is 0 Å². The molecule has 0 fully saturated rings. The minimum absolute atomic E-state index is 0.125. The van der Waals surface area contributed by atoms with Crippen LogP contribution in [0, 0.1) is 11.7 Å². The Hall–Kier alpha value is -1.42. The topological polar surface area (TPSA) is 43.8 Å². The first-order valence-electron chi connectivity index (χ1n) is 5.38. The van der Waals surface area contributed by atoms with E-state index in [0.717, 1.165) is 16.9 Å². The van der Waals surface area contributed by atoms with Crippen LogP contribution in [-0.2, 0) is 7.05 Å². The van der Waals surface area contributed by atoms with Gasteiger partial charge in [0.05, 0.1) is 17.1 Å². The van der Waals surface area contributed by atoms with E-state index in [1.807, 2.05) is 25.5 Å². The molecule has 16 heavy (non-hydrogen) atoms. The monoisotopic (exact) mass is 221 g/mol. The van der Waals surface area contributed by atoms with E-state index in [-0.39, 0.29) is 11.9 Å². The number of fused-ring (bicyclic) bond motifs is 1. The molecule has 0 radical (unpaired) electrons. The van der Waals surface area contributed by atoms with E-state index in [1.165, 1.54) is 12.1 Å². The molecule has 0 spiro atoms. The van der Waals surface area contributed by atoms with Crippen molar-refractivity contribution in [2.24, 2.45) is 18.7 Å². The van der Waals surface area contributed by atoms with Crippen LogP contribution in [0.25, 0.3) is 11.0 Å². The highest BCUT2D eigenvalue weighted by atomic mass is 19.1. The van der Waals surface area contributed by atoms with Crippen molar-refractivity contribution in [1.29, 1.82) is 0 Å². The molecular weight excluding hydrogens is 205 g/mol. The van der Waals surface area contributed by atoms with E-state index in [2.05, 4.69) is 4.98 Å². The smallest absolute Gasteiger partial charge is 0.126 e. The maximum atomic E-state index is 13.1. The van der Waals surface area contributed by atoms with Crippen molar-refractivity contribution in [3.05, 3.63) is 29.8 Å². The number of rotatable bonds is 2. The summed E-state index contributed by atoms with van der Waals surface area (Å²) in [5, 5.41) is 0. The summed E-state index contributed by atoms with van der Waals surface area (Å²) in [6.45, 7) is 4.09. The van der Waals surface area contributed by atoms with Gasteiger partial charge >= 0.3 is 0 Å². The third-order valence-electron chi connectivity index (χ3n) is 2.89. The number of imidazole rings is 1. The van der Waals surface area contributed by atoms with Crippen molar-refractivity contribution in [3.63, 3.8) is 0 Å². The molecule has 1 aromatic carbocycles. The van der Waals surface area contributed by atoms with Crippen LogP contribution in [0.5, 0.6) is 0 Å². The van der Waals surface area contributed by atoms with Crippen molar-refractivity contribution in [2.45, 2.75) is 19.9 Å². The van der Waals surface area contributed by atoms with E-state index in [1.54, 1.807) is 6.07 Å². The summed E-state index contributed by atoms with van der Waals surface area (Å²) < 4.78 is 15.0. The van der Waals surface area contributed by atoms with Gasteiger partial charge in [0.1, 0.15) is 11.6 Å². The van der Waals surface area contributed by atoms with Gasteiger partial charge in [-0.1, -0.05) is 13.8 Å². The first-order valence-corrected chi connectivity index (χ1v) is 5.38. The van der Waals surface area contributed by atoms with Crippen LogP contribution in [0.2, 0.25) is 0 Å². The molecule has 0 aliphatic rings. The summed E-state index contributed by atoms with van der Waals surface area (Å²) >= 11 is 0. The summed E-state index contributed by atoms with van der Waals surface area (Å²) in [7, 11) is 1.87. The Balaban J connectivity index is 2.60. The number of hydrogen-bond donors (Lipinski definition) is 1. The van der Waals surface area contributed by atoms with Crippen LogP contribution in [-0.4, -0.2) is 9.55 Å². The number of nitrogens with zero attached hydrogens (tertiary/aromatic N) is 2. The highest BCUT2D eigenvalue weighted by molar-refractivity contribution is 5.76.